The van der Waals surface area contributed by atoms with E-state index >= 15 is 0 Å². The van der Waals surface area contributed by atoms with E-state index in [2.05, 4.69) is 15.3 Å². The number of benzene rings is 3. The Balaban J connectivity index is 1.61. The quantitative estimate of drug-likeness (QED) is 0.307. The third-order valence-electron chi connectivity index (χ3n) is 4.94. The van der Waals surface area contributed by atoms with Crippen LogP contribution in [0.1, 0.15) is 16.7 Å². The van der Waals surface area contributed by atoms with E-state index in [9.17, 15) is 9.18 Å². The van der Waals surface area contributed by atoms with Gasteiger partial charge in [0.25, 0.3) is 0 Å². The number of thioether (sulfide) groups is 1. The first-order chi connectivity index (χ1) is 14.9. The van der Waals surface area contributed by atoms with E-state index in [-0.39, 0.29) is 17.5 Å². The molecule has 1 aromatic heterocycles. The molecule has 3 aromatic carbocycles. The summed E-state index contributed by atoms with van der Waals surface area (Å²) < 4.78 is 13.9. The van der Waals surface area contributed by atoms with Crippen LogP contribution in [-0.2, 0) is 4.79 Å². The summed E-state index contributed by atoms with van der Waals surface area (Å²) in [5.41, 5.74) is 5.55. The van der Waals surface area contributed by atoms with Gasteiger partial charge in [-0.25, -0.2) is 14.4 Å². The minimum absolute atomic E-state index is 0.135. The van der Waals surface area contributed by atoms with Crippen LogP contribution < -0.4 is 5.32 Å². The first-order valence-corrected chi connectivity index (χ1v) is 10.9. The molecule has 0 unspecified atom stereocenters. The van der Waals surface area contributed by atoms with E-state index < -0.39 is 0 Å². The Morgan fingerprint density at radius 3 is 2.39 bits per heavy atom. The summed E-state index contributed by atoms with van der Waals surface area (Å²) in [6.07, 6.45) is 0. The van der Waals surface area contributed by atoms with Gasteiger partial charge in [0, 0.05) is 16.6 Å². The standard InChI is InChI=1S/C25H22FN3OS/c1-15-11-16(2)23(17(3)12-15)28-22(30)14-31-25-20-13-19(26)9-10-21(20)27-24(29-25)18-7-5-4-6-8-18/h4-13H,14H2,1-3H3,(H,28,30). The van der Waals surface area contributed by atoms with Gasteiger partial charge in [-0.1, -0.05) is 59.8 Å². The summed E-state index contributed by atoms with van der Waals surface area (Å²) in [5.74, 6) is 0.210. The number of fused-ring (bicyclic) bond motifs is 1. The summed E-state index contributed by atoms with van der Waals surface area (Å²) in [6, 6.07) is 18.1. The van der Waals surface area contributed by atoms with Gasteiger partial charge in [0.15, 0.2) is 5.82 Å². The van der Waals surface area contributed by atoms with Crippen LogP contribution in [0.4, 0.5) is 10.1 Å². The number of amides is 1. The fourth-order valence-corrected chi connectivity index (χ4v) is 4.40. The third kappa shape index (κ3) is 4.75. The predicted molar refractivity (Wildman–Crippen MR) is 125 cm³/mol. The first kappa shape index (κ1) is 21.0. The Morgan fingerprint density at radius 1 is 0.968 bits per heavy atom. The molecular weight excluding hydrogens is 409 g/mol. The van der Waals surface area contributed by atoms with Crippen molar-refractivity contribution in [2.75, 3.05) is 11.1 Å². The molecule has 1 heterocycles. The van der Waals surface area contributed by atoms with Crippen LogP contribution in [0.3, 0.4) is 0 Å². The number of carbonyl (C=O) groups excluding carboxylic acids is 1. The summed E-state index contributed by atoms with van der Waals surface area (Å²) in [6.45, 7) is 6.00. The minimum atomic E-state index is -0.360. The summed E-state index contributed by atoms with van der Waals surface area (Å²) in [5, 5.41) is 4.18. The molecule has 0 saturated heterocycles. The predicted octanol–water partition coefficient (Wildman–Crippen LogP) is 6.09. The number of nitrogens with one attached hydrogen (secondary N) is 1. The van der Waals surface area contributed by atoms with Crippen molar-refractivity contribution in [3.05, 3.63) is 83.2 Å². The van der Waals surface area contributed by atoms with Crippen molar-refractivity contribution in [3.8, 4) is 11.4 Å². The second-order valence-electron chi connectivity index (χ2n) is 7.49. The smallest absolute Gasteiger partial charge is 0.234 e. The summed E-state index contributed by atoms with van der Waals surface area (Å²) in [7, 11) is 0. The number of carbonyl (C=O) groups is 1. The Labute approximate surface area is 184 Å². The summed E-state index contributed by atoms with van der Waals surface area (Å²) in [4.78, 5) is 21.9. The lowest BCUT2D eigenvalue weighted by molar-refractivity contribution is -0.113. The molecular formula is C25H22FN3OS. The normalized spacial score (nSPS) is 11.0. The molecule has 0 aliphatic rings. The van der Waals surface area contributed by atoms with Crippen molar-refractivity contribution >= 4 is 34.3 Å². The number of hydrogen-bond donors (Lipinski definition) is 1. The van der Waals surface area contributed by atoms with Gasteiger partial charge in [0.05, 0.1) is 11.3 Å². The fourth-order valence-electron chi connectivity index (χ4n) is 3.59. The monoisotopic (exact) mass is 431 g/mol. The van der Waals surface area contributed by atoms with Gasteiger partial charge in [0.2, 0.25) is 5.91 Å². The molecule has 31 heavy (non-hydrogen) atoms. The number of anilines is 1. The highest BCUT2D eigenvalue weighted by molar-refractivity contribution is 8.00. The number of halogens is 1. The van der Waals surface area contributed by atoms with Crippen molar-refractivity contribution in [2.45, 2.75) is 25.8 Å². The molecule has 1 N–H and O–H groups in total. The molecule has 4 rings (SSSR count). The van der Waals surface area contributed by atoms with Crippen molar-refractivity contribution in [1.82, 2.24) is 9.97 Å². The third-order valence-corrected chi connectivity index (χ3v) is 5.93. The molecule has 0 fully saturated rings. The summed E-state index contributed by atoms with van der Waals surface area (Å²) >= 11 is 1.28. The lowest BCUT2D eigenvalue weighted by Gasteiger charge is -2.13. The average molecular weight is 432 g/mol. The maximum atomic E-state index is 13.9. The van der Waals surface area contributed by atoms with Gasteiger partial charge in [-0.2, -0.15) is 0 Å². The Kier molecular flexibility index (Phi) is 6.00. The van der Waals surface area contributed by atoms with E-state index in [1.54, 1.807) is 6.07 Å². The molecule has 0 aliphatic carbocycles. The molecule has 156 valence electrons. The second-order valence-corrected chi connectivity index (χ2v) is 8.45. The first-order valence-electron chi connectivity index (χ1n) is 9.94. The Morgan fingerprint density at radius 2 is 1.68 bits per heavy atom. The van der Waals surface area contributed by atoms with Gasteiger partial charge >= 0.3 is 0 Å². The molecule has 0 spiro atoms. The van der Waals surface area contributed by atoms with E-state index in [0.29, 0.717) is 21.8 Å². The average Bonchev–Trinajstić information content (AvgIpc) is 2.75. The van der Waals surface area contributed by atoms with Crippen molar-refractivity contribution in [2.24, 2.45) is 0 Å². The largest absolute Gasteiger partial charge is 0.325 e. The van der Waals surface area contributed by atoms with Crippen LogP contribution in [0.15, 0.2) is 65.7 Å². The highest BCUT2D eigenvalue weighted by Crippen LogP contribution is 2.29. The van der Waals surface area contributed by atoms with Crippen molar-refractivity contribution < 1.29 is 9.18 Å². The van der Waals surface area contributed by atoms with Gasteiger partial charge in [-0.15, -0.1) is 0 Å². The van der Waals surface area contributed by atoms with Crippen LogP contribution in [0.25, 0.3) is 22.3 Å². The van der Waals surface area contributed by atoms with Crippen LogP contribution in [0, 0.1) is 26.6 Å². The van der Waals surface area contributed by atoms with E-state index in [1.807, 2.05) is 63.2 Å². The minimum Gasteiger partial charge on any atom is -0.325 e. The highest BCUT2D eigenvalue weighted by atomic mass is 32.2. The van der Waals surface area contributed by atoms with Crippen molar-refractivity contribution in [1.29, 1.82) is 0 Å². The van der Waals surface area contributed by atoms with Gasteiger partial charge in [-0.3, -0.25) is 4.79 Å². The topological polar surface area (TPSA) is 54.9 Å². The van der Waals surface area contributed by atoms with E-state index in [0.717, 1.165) is 27.9 Å². The number of rotatable bonds is 5. The molecule has 0 radical (unpaired) electrons. The maximum absolute atomic E-state index is 13.9. The molecule has 4 aromatic rings. The van der Waals surface area contributed by atoms with E-state index in [4.69, 9.17) is 0 Å². The van der Waals surface area contributed by atoms with Crippen LogP contribution in [0.5, 0.6) is 0 Å². The number of aryl methyl sites for hydroxylation is 3. The molecule has 0 aliphatic heterocycles. The van der Waals surface area contributed by atoms with Crippen LogP contribution in [-0.4, -0.2) is 21.6 Å². The van der Waals surface area contributed by atoms with Gasteiger partial charge in [0.1, 0.15) is 10.8 Å². The molecule has 0 saturated carbocycles. The zero-order chi connectivity index (χ0) is 22.0. The Bertz CT molecular complexity index is 1250. The zero-order valence-corrected chi connectivity index (χ0v) is 18.4. The van der Waals surface area contributed by atoms with Crippen LogP contribution in [0.2, 0.25) is 0 Å². The van der Waals surface area contributed by atoms with E-state index in [1.165, 1.54) is 23.9 Å². The SMILES string of the molecule is Cc1cc(C)c(NC(=O)CSc2nc(-c3ccccc3)nc3ccc(F)cc23)c(C)c1. The number of aromatic nitrogens is 2. The lowest BCUT2D eigenvalue weighted by Crippen LogP contribution is -2.16. The second kappa shape index (κ2) is 8.86. The molecule has 0 bridgehead atoms. The molecule has 0 atom stereocenters. The number of nitrogens with zero attached hydrogens (tertiary/aromatic N) is 2. The van der Waals surface area contributed by atoms with Crippen molar-refractivity contribution in [3.63, 3.8) is 0 Å². The van der Waals surface area contributed by atoms with Gasteiger partial charge in [-0.05, 0) is 50.1 Å². The number of hydrogen-bond acceptors (Lipinski definition) is 4. The van der Waals surface area contributed by atoms with Crippen LogP contribution >= 0.6 is 11.8 Å². The van der Waals surface area contributed by atoms with Gasteiger partial charge < -0.3 is 5.32 Å². The Hall–Kier alpha value is -3.25. The highest BCUT2D eigenvalue weighted by Gasteiger charge is 2.14. The lowest BCUT2D eigenvalue weighted by atomic mass is 10.1. The molecule has 6 heteroatoms. The zero-order valence-electron chi connectivity index (χ0n) is 17.6. The fraction of sp³-hybridized carbons (Fsp3) is 0.160. The molecule has 4 nitrogen and oxygen atoms in total. The maximum Gasteiger partial charge on any atom is 0.234 e. The molecule has 1 amide bonds.